The van der Waals surface area contributed by atoms with E-state index in [1.165, 1.54) is 43.5 Å². The van der Waals surface area contributed by atoms with E-state index < -0.39 is 10.1 Å². The van der Waals surface area contributed by atoms with Crippen molar-refractivity contribution in [1.82, 2.24) is 10.7 Å². The fourth-order valence-electron chi connectivity index (χ4n) is 1.64. The summed E-state index contributed by atoms with van der Waals surface area (Å²) in [4.78, 5) is -0.148. The number of unbranched alkanes of at least 4 members (excludes halogenated alkanes) is 3. The van der Waals surface area contributed by atoms with Gasteiger partial charge >= 0.3 is 0 Å². The summed E-state index contributed by atoms with van der Waals surface area (Å²) in [6.07, 6.45) is 4.67. The molecule has 0 aliphatic heterocycles. The van der Waals surface area contributed by atoms with Gasteiger partial charge in [-0.05, 0) is 42.9 Å². The highest BCUT2D eigenvalue weighted by Gasteiger charge is 2.08. The Morgan fingerprint density at radius 2 is 1.86 bits per heavy atom. The van der Waals surface area contributed by atoms with E-state index >= 15 is 0 Å². The summed E-state index contributed by atoms with van der Waals surface area (Å²) < 4.78 is 30.6. The van der Waals surface area contributed by atoms with Gasteiger partial charge in [-0.1, -0.05) is 26.2 Å². The third-order valence-electron chi connectivity index (χ3n) is 2.79. The maximum atomic E-state index is 10.9. The molecule has 4 N–H and O–H groups in total. The Bertz CT molecular complexity index is 544. The molecular weight excluding hydrogens is 310 g/mol. The molecule has 0 fully saturated rings. The van der Waals surface area contributed by atoms with Gasteiger partial charge in [-0.25, -0.2) is 0 Å². The number of anilines is 1. The molecule has 1 rings (SSSR count). The van der Waals surface area contributed by atoms with Crippen molar-refractivity contribution in [2.45, 2.75) is 37.5 Å². The molecule has 0 spiro atoms. The number of thiocarbonyl (C=S) groups is 1. The average Bonchev–Trinajstić information content (AvgIpc) is 2.44. The van der Waals surface area contributed by atoms with Crippen molar-refractivity contribution in [3.63, 3.8) is 0 Å². The second kappa shape index (κ2) is 8.81. The van der Waals surface area contributed by atoms with E-state index in [-0.39, 0.29) is 4.90 Å². The number of hydrogen-bond donors (Lipinski definition) is 4. The van der Waals surface area contributed by atoms with E-state index in [9.17, 15) is 8.42 Å². The van der Waals surface area contributed by atoms with Gasteiger partial charge in [0.25, 0.3) is 10.1 Å². The van der Waals surface area contributed by atoms with Gasteiger partial charge in [-0.3, -0.25) is 15.4 Å². The SMILES string of the molecule is CCCCCCNC(=S)NNc1ccc(S(=O)(=O)O)cc1. The van der Waals surface area contributed by atoms with Crippen LogP contribution in [0.4, 0.5) is 5.69 Å². The molecule has 0 aromatic heterocycles. The van der Waals surface area contributed by atoms with Crippen LogP contribution >= 0.6 is 12.2 Å². The highest BCUT2D eigenvalue weighted by atomic mass is 32.2. The zero-order chi connectivity index (χ0) is 15.7. The van der Waals surface area contributed by atoms with Gasteiger partial charge in [0, 0.05) is 6.54 Å². The molecule has 0 amide bonds. The summed E-state index contributed by atoms with van der Waals surface area (Å²) >= 11 is 5.10. The van der Waals surface area contributed by atoms with Gasteiger partial charge < -0.3 is 5.32 Å². The van der Waals surface area contributed by atoms with Gasteiger partial charge in [-0.15, -0.1) is 0 Å². The van der Waals surface area contributed by atoms with E-state index in [0.717, 1.165) is 13.0 Å². The highest BCUT2D eigenvalue weighted by Crippen LogP contribution is 2.12. The third-order valence-corrected chi connectivity index (χ3v) is 3.90. The van der Waals surface area contributed by atoms with E-state index in [4.69, 9.17) is 16.8 Å². The monoisotopic (exact) mass is 331 g/mol. The van der Waals surface area contributed by atoms with Gasteiger partial charge in [0.1, 0.15) is 0 Å². The maximum Gasteiger partial charge on any atom is 0.294 e. The molecule has 1 aromatic carbocycles. The van der Waals surface area contributed by atoms with Crippen LogP contribution in [-0.2, 0) is 10.1 Å². The summed E-state index contributed by atoms with van der Waals surface area (Å²) in [6.45, 7) is 2.98. The molecule has 0 bridgehead atoms. The quantitative estimate of drug-likeness (QED) is 0.251. The van der Waals surface area contributed by atoms with Crippen LogP contribution in [0.2, 0.25) is 0 Å². The van der Waals surface area contributed by atoms with Crippen LogP contribution in [0.25, 0.3) is 0 Å². The lowest BCUT2D eigenvalue weighted by molar-refractivity contribution is 0.483. The van der Waals surface area contributed by atoms with Gasteiger partial charge in [0.2, 0.25) is 0 Å². The molecule has 0 atom stereocenters. The first-order chi connectivity index (χ1) is 9.93. The van der Waals surface area contributed by atoms with Crippen LogP contribution in [0.1, 0.15) is 32.6 Å². The molecule has 0 radical (unpaired) electrons. The van der Waals surface area contributed by atoms with Crippen molar-refractivity contribution in [3.8, 4) is 0 Å². The van der Waals surface area contributed by atoms with Crippen molar-refractivity contribution in [1.29, 1.82) is 0 Å². The Hall–Kier alpha value is -1.38. The van der Waals surface area contributed by atoms with Crippen molar-refractivity contribution < 1.29 is 13.0 Å². The standard InChI is InChI=1S/C13H21N3O3S2/c1-2-3-4-5-10-14-13(20)16-15-11-6-8-12(9-7-11)21(17,18)19/h6-9,15H,2-5,10H2,1H3,(H2,14,16,20)(H,17,18,19). The predicted molar refractivity (Wildman–Crippen MR) is 87.8 cm³/mol. The smallest absolute Gasteiger partial charge is 0.294 e. The van der Waals surface area contributed by atoms with Crippen molar-refractivity contribution in [2.24, 2.45) is 0 Å². The zero-order valence-electron chi connectivity index (χ0n) is 11.9. The van der Waals surface area contributed by atoms with Crippen molar-refractivity contribution in [2.75, 3.05) is 12.0 Å². The molecule has 0 saturated heterocycles. The van der Waals surface area contributed by atoms with Crippen LogP contribution in [0.15, 0.2) is 29.2 Å². The van der Waals surface area contributed by atoms with E-state index in [2.05, 4.69) is 23.1 Å². The first kappa shape index (κ1) is 17.7. The molecule has 0 unspecified atom stereocenters. The van der Waals surface area contributed by atoms with Gasteiger partial charge in [0.15, 0.2) is 5.11 Å². The Morgan fingerprint density at radius 1 is 1.19 bits per heavy atom. The number of hydrogen-bond acceptors (Lipinski definition) is 4. The Balaban J connectivity index is 2.30. The first-order valence-corrected chi connectivity index (χ1v) is 8.65. The fourth-order valence-corrected chi connectivity index (χ4v) is 2.27. The minimum absolute atomic E-state index is 0.148. The summed E-state index contributed by atoms with van der Waals surface area (Å²) in [6, 6.07) is 5.67. The zero-order valence-corrected chi connectivity index (χ0v) is 13.6. The minimum atomic E-state index is -4.16. The number of benzene rings is 1. The van der Waals surface area contributed by atoms with Crippen LogP contribution in [0.3, 0.4) is 0 Å². The molecule has 0 saturated carbocycles. The lowest BCUT2D eigenvalue weighted by atomic mass is 10.2. The molecule has 6 nitrogen and oxygen atoms in total. The van der Waals surface area contributed by atoms with E-state index in [1.807, 2.05) is 0 Å². The fraction of sp³-hybridized carbons (Fsp3) is 0.462. The first-order valence-electron chi connectivity index (χ1n) is 6.81. The predicted octanol–water partition coefficient (Wildman–Crippen LogP) is 2.30. The second-order valence-electron chi connectivity index (χ2n) is 4.57. The molecule has 21 heavy (non-hydrogen) atoms. The Morgan fingerprint density at radius 3 is 2.43 bits per heavy atom. The normalized spacial score (nSPS) is 11.0. The molecule has 8 heteroatoms. The van der Waals surface area contributed by atoms with Crippen LogP contribution in [0.5, 0.6) is 0 Å². The summed E-state index contributed by atoms with van der Waals surface area (Å²) in [5.41, 5.74) is 6.29. The number of nitrogens with one attached hydrogen (secondary N) is 3. The summed E-state index contributed by atoms with van der Waals surface area (Å²) in [5.74, 6) is 0. The topological polar surface area (TPSA) is 90.5 Å². The molecule has 0 aliphatic rings. The van der Waals surface area contributed by atoms with Crippen LogP contribution < -0.4 is 16.2 Å². The lowest BCUT2D eigenvalue weighted by Gasteiger charge is -2.12. The molecular formula is C13H21N3O3S2. The average molecular weight is 331 g/mol. The Kier molecular flexibility index (Phi) is 7.41. The number of rotatable bonds is 8. The van der Waals surface area contributed by atoms with Crippen molar-refractivity contribution >= 4 is 33.1 Å². The van der Waals surface area contributed by atoms with Crippen LogP contribution in [-0.4, -0.2) is 24.6 Å². The van der Waals surface area contributed by atoms with E-state index in [0.29, 0.717) is 10.8 Å². The largest absolute Gasteiger partial charge is 0.361 e. The van der Waals surface area contributed by atoms with E-state index in [1.54, 1.807) is 0 Å². The second-order valence-corrected chi connectivity index (χ2v) is 6.40. The summed E-state index contributed by atoms with van der Waals surface area (Å²) in [7, 11) is -4.16. The molecule has 1 aromatic rings. The lowest BCUT2D eigenvalue weighted by Crippen LogP contribution is -2.39. The van der Waals surface area contributed by atoms with Gasteiger partial charge in [-0.2, -0.15) is 8.42 Å². The van der Waals surface area contributed by atoms with Gasteiger partial charge in [0.05, 0.1) is 10.6 Å². The Labute approximate surface area is 131 Å². The van der Waals surface area contributed by atoms with Crippen LogP contribution in [0, 0.1) is 0 Å². The third kappa shape index (κ3) is 7.26. The molecule has 118 valence electrons. The maximum absolute atomic E-state index is 10.9. The summed E-state index contributed by atoms with van der Waals surface area (Å²) in [5, 5.41) is 3.55. The molecule has 0 heterocycles. The highest BCUT2D eigenvalue weighted by molar-refractivity contribution is 7.85. The minimum Gasteiger partial charge on any atom is -0.361 e. The molecule has 0 aliphatic carbocycles. The number of hydrazine groups is 1. The van der Waals surface area contributed by atoms with Crippen molar-refractivity contribution in [3.05, 3.63) is 24.3 Å².